The van der Waals surface area contributed by atoms with Crippen molar-refractivity contribution in [1.82, 2.24) is 4.98 Å². The second kappa shape index (κ2) is 6.16. The molecule has 4 nitrogen and oxygen atoms in total. The van der Waals surface area contributed by atoms with E-state index < -0.39 is 0 Å². The molecule has 1 N–H and O–H groups in total. The first-order chi connectivity index (χ1) is 8.69. The van der Waals surface area contributed by atoms with Gasteiger partial charge in [-0.1, -0.05) is 0 Å². The Morgan fingerprint density at radius 1 is 1.50 bits per heavy atom. The lowest BCUT2D eigenvalue weighted by Crippen LogP contribution is -2.31. The zero-order valence-electron chi connectivity index (χ0n) is 11.2. The van der Waals surface area contributed by atoms with Crippen LogP contribution < -0.4 is 4.90 Å². The molecule has 0 aliphatic carbocycles. The van der Waals surface area contributed by atoms with Crippen molar-refractivity contribution in [1.29, 1.82) is 0 Å². The van der Waals surface area contributed by atoms with Gasteiger partial charge in [0.05, 0.1) is 13.2 Å². The summed E-state index contributed by atoms with van der Waals surface area (Å²) in [5, 5.41) is 9.22. The molecule has 2 rings (SSSR count). The Kier molecular flexibility index (Phi) is 4.55. The number of hydrogen-bond donors (Lipinski definition) is 1. The Morgan fingerprint density at radius 3 is 3.00 bits per heavy atom. The van der Waals surface area contributed by atoms with Crippen molar-refractivity contribution in [3.05, 3.63) is 23.4 Å². The number of aliphatic hydroxyl groups excluding tert-OH is 1. The van der Waals surface area contributed by atoms with Crippen LogP contribution in [0.1, 0.15) is 24.1 Å². The summed E-state index contributed by atoms with van der Waals surface area (Å²) in [5.74, 6) is 1.52. The van der Waals surface area contributed by atoms with E-state index in [0.29, 0.717) is 5.92 Å². The summed E-state index contributed by atoms with van der Waals surface area (Å²) in [5.41, 5.74) is 1.87. The highest BCUT2D eigenvalue weighted by Crippen LogP contribution is 2.19. The third-order valence-electron chi connectivity index (χ3n) is 3.36. The van der Waals surface area contributed by atoms with E-state index in [1.807, 2.05) is 19.1 Å². The fourth-order valence-corrected chi connectivity index (χ4v) is 2.44. The molecular weight excluding hydrogens is 228 g/mol. The van der Waals surface area contributed by atoms with Crippen LogP contribution in [0.15, 0.2) is 12.1 Å². The summed E-state index contributed by atoms with van der Waals surface area (Å²) in [4.78, 5) is 6.68. The van der Waals surface area contributed by atoms with E-state index in [-0.39, 0.29) is 6.61 Å². The zero-order valence-corrected chi connectivity index (χ0v) is 11.2. The first-order valence-electron chi connectivity index (χ1n) is 6.56. The van der Waals surface area contributed by atoms with E-state index in [0.717, 1.165) is 43.3 Å². The van der Waals surface area contributed by atoms with Crippen LogP contribution in [0.4, 0.5) is 5.82 Å². The van der Waals surface area contributed by atoms with Crippen LogP contribution in [-0.2, 0) is 11.3 Å². The van der Waals surface area contributed by atoms with Crippen molar-refractivity contribution >= 4 is 5.82 Å². The number of ether oxygens (including phenoxy) is 1. The van der Waals surface area contributed by atoms with E-state index >= 15 is 0 Å². The third-order valence-corrected chi connectivity index (χ3v) is 3.36. The molecule has 18 heavy (non-hydrogen) atoms. The van der Waals surface area contributed by atoms with Crippen molar-refractivity contribution < 1.29 is 9.84 Å². The van der Waals surface area contributed by atoms with Crippen LogP contribution in [0.25, 0.3) is 0 Å². The molecule has 1 saturated heterocycles. The zero-order chi connectivity index (χ0) is 13.0. The van der Waals surface area contributed by atoms with E-state index in [1.54, 1.807) is 0 Å². The van der Waals surface area contributed by atoms with Gasteiger partial charge in [0, 0.05) is 25.9 Å². The van der Waals surface area contributed by atoms with Gasteiger partial charge in [-0.2, -0.15) is 0 Å². The first-order valence-corrected chi connectivity index (χ1v) is 6.56. The lowest BCUT2D eigenvalue weighted by atomic mass is 10.0. The van der Waals surface area contributed by atoms with Crippen LogP contribution in [0, 0.1) is 12.8 Å². The number of aryl methyl sites for hydroxylation is 1. The Bertz CT molecular complexity index is 389. The lowest BCUT2D eigenvalue weighted by Gasteiger charge is -2.28. The van der Waals surface area contributed by atoms with Gasteiger partial charge in [-0.05, 0) is 43.4 Å². The fraction of sp³-hybridized carbons (Fsp3) is 0.643. The molecule has 2 heterocycles. The summed E-state index contributed by atoms with van der Waals surface area (Å²) in [7, 11) is 2.05. The van der Waals surface area contributed by atoms with Crippen molar-refractivity contribution in [3.8, 4) is 0 Å². The molecule has 1 aromatic rings. The van der Waals surface area contributed by atoms with Crippen molar-refractivity contribution in [2.24, 2.45) is 5.92 Å². The van der Waals surface area contributed by atoms with Crippen molar-refractivity contribution in [2.75, 3.05) is 31.7 Å². The number of nitrogens with zero attached hydrogens (tertiary/aromatic N) is 2. The van der Waals surface area contributed by atoms with Crippen molar-refractivity contribution in [2.45, 2.75) is 26.4 Å². The number of anilines is 1. The minimum atomic E-state index is 0.0662. The summed E-state index contributed by atoms with van der Waals surface area (Å²) in [6.45, 7) is 4.73. The Hall–Kier alpha value is -1.13. The fourth-order valence-electron chi connectivity index (χ4n) is 2.44. The van der Waals surface area contributed by atoms with E-state index in [9.17, 15) is 5.11 Å². The summed E-state index contributed by atoms with van der Waals surface area (Å²) < 4.78 is 5.50. The quantitative estimate of drug-likeness (QED) is 0.884. The lowest BCUT2D eigenvalue weighted by molar-refractivity contribution is 0.0576. The largest absolute Gasteiger partial charge is 0.392 e. The van der Waals surface area contributed by atoms with Gasteiger partial charge in [0.2, 0.25) is 0 Å². The van der Waals surface area contributed by atoms with Gasteiger partial charge in [-0.3, -0.25) is 0 Å². The number of hydrogen-bond acceptors (Lipinski definition) is 4. The molecule has 0 spiro atoms. The molecule has 1 unspecified atom stereocenters. The molecule has 1 aliphatic heterocycles. The summed E-state index contributed by atoms with van der Waals surface area (Å²) in [6.07, 6.45) is 2.38. The minimum Gasteiger partial charge on any atom is -0.392 e. The van der Waals surface area contributed by atoms with Gasteiger partial charge < -0.3 is 14.7 Å². The molecule has 1 aliphatic rings. The van der Waals surface area contributed by atoms with Crippen LogP contribution >= 0.6 is 0 Å². The Balaban J connectivity index is 2.02. The smallest absolute Gasteiger partial charge is 0.128 e. The van der Waals surface area contributed by atoms with Crippen LogP contribution in [-0.4, -0.2) is 36.9 Å². The van der Waals surface area contributed by atoms with Crippen LogP contribution in [0.5, 0.6) is 0 Å². The SMILES string of the molecule is Cc1cc(CO)cc(N(C)CC2CCCOC2)n1. The maximum atomic E-state index is 9.22. The normalized spacial score (nSPS) is 19.8. The molecule has 4 heteroatoms. The molecule has 1 atom stereocenters. The number of aliphatic hydroxyl groups is 1. The van der Waals surface area contributed by atoms with E-state index in [4.69, 9.17) is 4.74 Å². The van der Waals surface area contributed by atoms with Crippen LogP contribution in [0.2, 0.25) is 0 Å². The highest BCUT2D eigenvalue weighted by molar-refractivity contribution is 5.41. The Morgan fingerprint density at radius 2 is 2.33 bits per heavy atom. The topological polar surface area (TPSA) is 45.6 Å². The first kappa shape index (κ1) is 13.3. The van der Waals surface area contributed by atoms with Gasteiger partial charge >= 0.3 is 0 Å². The molecule has 100 valence electrons. The molecule has 0 radical (unpaired) electrons. The molecule has 0 bridgehead atoms. The molecule has 0 amide bonds. The van der Waals surface area contributed by atoms with Gasteiger partial charge in [0.25, 0.3) is 0 Å². The molecule has 0 aromatic carbocycles. The second-order valence-electron chi connectivity index (χ2n) is 5.10. The summed E-state index contributed by atoms with van der Waals surface area (Å²) >= 11 is 0. The van der Waals surface area contributed by atoms with E-state index in [1.165, 1.54) is 6.42 Å². The molecular formula is C14H22N2O2. The van der Waals surface area contributed by atoms with E-state index in [2.05, 4.69) is 16.9 Å². The number of pyridine rings is 1. The number of aromatic nitrogens is 1. The third kappa shape index (κ3) is 3.43. The molecule has 0 saturated carbocycles. The average Bonchev–Trinajstić information content (AvgIpc) is 2.39. The monoisotopic (exact) mass is 250 g/mol. The van der Waals surface area contributed by atoms with Gasteiger partial charge in [-0.15, -0.1) is 0 Å². The number of rotatable bonds is 4. The maximum absolute atomic E-state index is 9.22. The second-order valence-corrected chi connectivity index (χ2v) is 5.10. The minimum absolute atomic E-state index is 0.0662. The predicted octanol–water partition coefficient (Wildman–Crippen LogP) is 1.75. The van der Waals surface area contributed by atoms with Crippen molar-refractivity contribution in [3.63, 3.8) is 0 Å². The highest BCUT2D eigenvalue weighted by Gasteiger charge is 2.17. The predicted molar refractivity (Wildman–Crippen MR) is 71.7 cm³/mol. The maximum Gasteiger partial charge on any atom is 0.128 e. The Labute approximate surface area is 109 Å². The highest BCUT2D eigenvalue weighted by atomic mass is 16.5. The van der Waals surface area contributed by atoms with Gasteiger partial charge in [-0.25, -0.2) is 4.98 Å². The standard InChI is InChI=1S/C14H22N2O2/c1-11-6-13(9-17)7-14(15-11)16(2)8-12-4-3-5-18-10-12/h6-7,12,17H,3-5,8-10H2,1-2H3. The molecule has 1 aromatic heterocycles. The van der Waals surface area contributed by atoms with Gasteiger partial charge in [0.1, 0.15) is 5.82 Å². The summed E-state index contributed by atoms with van der Waals surface area (Å²) in [6, 6.07) is 3.87. The van der Waals surface area contributed by atoms with Gasteiger partial charge in [0.15, 0.2) is 0 Å². The molecule has 1 fully saturated rings. The average molecular weight is 250 g/mol. The van der Waals surface area contributed by atoms with Crippen LogP contribution in [0.3, 0.4) is 0 Å².